The summed E-state index contributed by atoms with van der Waals surface area (Å²) in [7, 11) is 0. The van der Waals surface area contributed by atoms with Crippen molar-refractivity contribution in [1.82, 2.24) is 5.32 Å². The van der Waals surface area contributed by atoms with Gasteiger partial charge >= 0.3 is 0 Å². The summed E-state index contributed by atoms with van der Waals surface area (Å²) in [5, 5.41) is 22.8. The van der Waals surface area contributed by atoms with Gasteiger partial charge < -0.3 is 4.74 Å². The summed E-state index contributed by atoms with van der Waals surface area (Å²) in [6.07, 6.45) is 0. The van der Waals surface area contributed by atoms with Gasteiger partial charge in [-0.3, -0.25) is 15.4 Å². The van der Waals surface area contributed by atoms with Crippen LogP contribution in [-0.4, -0.2) is 23.6 Å². The first-order chi connectivity index (χ1) is 8.91. The maximum Gasteiger partial charge on any atom is 0.272 e. The van der Waals surface area contributed by atoms with Gasteiger partial charge in [-0.2, -0.15) is 5.26 Å². The third-order valence-corrected chi connectivity index (χ3v) is 2.71. The smallest absolute Gasteiger partial charge is 0.272 e. The van der Waals surface area contributed by atoms with Gasteiger partial charge in [0.2, 0.25) is 0 Å². The number of nitriles is 1. The fourth-order valence-corrected chi connectivity index (χ4v) is 1.66. The zero-order chi connectivity index (χ0) is 14.5. The summed E-state index contributed by atoms with van der Waals surface area (Å²) < 4.78 is 5.52. The molecule has 0 aliphatic heterocycles. The molecule has 0 spiro atoms. The lowest BCUT2D eigenvalue weighted by molar-refractivity contribution is -0.385. The van der Waals surface area contributed by atoms with E-state index in [9.17, 15) is 10.1 Å². The van der Waals surface area contributed by atoms with Gasteiger partial charge in [0, 0.05) is 11.6 Å². The number of benzene rings is 1. The number of nitro groups is 1. The molecule has 6 nitrogen and oxygen atoms in total. The summed E-state index contributed by atoms with van der Waals surface area (Å²) in [6.45, 7) is 6.14. The third-order valence-electron chi connectivity index (χ3n) is 2.71. The van der Waals surface area contributed by atoms with Crippen LogP contribution < -0.4 is 10.1 Å². The van der Waals surface area contributed by atoms with Crippen LogP contribution in [0.1, 0.15) is 19.4 Å². The van der Waals surface area contributed by atoms with E-state index in [-0.39, 0.29) is 12.3 Å². The molecule has 1 rings (SSSR count). The average Bonchev–Trinajstić information content (AvgIpc) is 2.36. The molecule has 0 heterocycles. The Morgan fingerprint density at radius 2 is 2.26 bits per heavy atom. The Hall–Kier alpha value is -2.13. The van der Waals surface area contributed by atoms with Crippen LogP contribution in [-0.2, 0) is 0 Å². The molecule has 102 valence electrons. The SMILES string of the molecule is CCNC(C)(C#N)COc1ccc([N+](=O)[O-])c(C)c1. The minimum absolute atomic E-state index is 0.0575. The van der Waals surface area contributed by atoms with E-state index in [0.29, 0.717) is 17.9 Å². The number of aryl methyl sites for hydroxylation is 1. The van der Waals surface area contributed by atoms with Gasteiger partial charge in [-0.15, -0.1) is 0 Å². The second kappa shape index (κ2) is 6.16. The summed E-state index contributed by atoms with van der Waals surface area (Å²) in [4.78, 5) is 10.3. The first-order valence-corrected chi connectivity index (χ1v) is 5.96. The van der Waals surface area contributed by atoms with Crippen LogP contribution in [0.3, 0.4) is 0 Å². The molecule has 0 fully saturated rings. The molecular weight excluding hydrogens is 246 g/mol. The summed E-state index contributed by atoms with van der Waals surface area (Å²) in [5.74, 6) is 0.516. The van der Waals surface area contributed by atoms with Crippen molar-refractivity contribution >= 4 is 5.69 Å². The minimum atomic E-state index is -0.773. The molecule has 0 saturated heterocycles. The summed E-state index contributed by atoms with van der Waals surface area (Å²) >= 11 is 0. The zero-order valence-electron chi connectivity index (χ0n) is 11.3. The van der Waals surface area contributed by atoms with Crippen molar-refractivity contribution in [2.45, 2.75) is 26.3 Å². The largest absolute Gasteiger partial charge is 0.491 e. The van der Waals surface area contributed by atoms with Crippen LogP contribution in [0, 0.1) is 28.4 Å². The Balaban J connectivity index is 2.77. The van der Waals surface area contributed by atoms with E-state index in [1.54, 1.807) is 19.9 Å². The molecule has 0 bridgehead atoms. The van der Waals surface area contributed by atoms with Crippen molar-refractivity contribution in [3.63, 3.8) is 0 Å². The third kappa shape index (κ3) is 3.93. The highest BCUT2D eigenvalue weighted by atomic mass is 16.6. The highest BCUT2D eigenvalue weighted by Crippen LogP contribution is 2.23. The van der Waals surface area contributed by atoms with Crippen molar-refractivity contribution in [3.05, 3.63) is 33.9 Å². The number of nitrogens with one attached hydrogen (secondary N) is 1. The lowest BCUT2D eigenvalue weighted by atomic mass is 10.1. The van der Waals surface area contributed by atoms with Gasteiger partial charge in [0.15, 0.2) is 0 Å². The molecule has 0 aliphatic rings. The van der Waals surface area contributed by atoms with Gasteiger partial charge in [-0.25, -0.2) is 0 Å². The standard InChI is InChI=1S/C13H17N3O3/c1-4-15-13(3,8-14)9-19-11-5-6-12(16(17)18)10(2)7-11/h5-7,15H,4,9H2,1-3H3. The van der Waals surface area contributed by atoms with E-state index in [4.69, 9.17) is 10.00 Å². The van der Waals surface area contributed by atoms with E-state index in [1.807, 2.05) is 6.92 Å². The average molecular weight is 263 g/mol. The molecule has 19 heavy (non-hydrogen) atoms. The topological polar surface area (TPSA) is 88.2 Å². The summed E-state index contributed by atoms with van der Waals surface area (Å²) in [5.41, 5.74) is -0.184. The van der Waals surface area contributed by atoms with Gasteiger partial charge in [0.25, 0.3) is 5.69 Å². The fourth-order valence-electron chi connectivity index (χ4n) is 1.66. The molecule has 1 N–H and O–H groups in total. The highest BCUT2D eigenvalue weighted by Gasteiger charge is 2.23. The first kappa shape index (κ1) is 14.9. The Bertz CT molecular complexity index is 510. The molecule has 0 aliphatic carbocycles. The van der Waals surface area contributed by atoms with Crippen LogP contribution in [0.25, 0.3) is 0 Å². The number of rotatable bonds is 6. The lowest BCUT2D eigenvalue weighted by Gasteiger charge is -2.22. The molecule has 0 amide bonds. The minimum Gasteiger partial charge on any atom is -0.491 e. The zero-order valence-corrected chi connectivity index (χ0v) is 11.3. The molecule has 1 aromatic carbocycles. The molecule has 0 saturated carbocycles. The van der Waals surface area contributed by atoms with Gasteiger partial charge in [0.1, 0.15) is 17.9 Å². The molecule has 0 radical (unpaired) electrons. The van der Waals surface area contributed by atoms with Gasteiger partial charge in [-0.1, -0.05) is 6.92 Å². The molecular formula is C13H17N3O3. The number of nitro benzene ring substituents is 1. The lowest BCUT2D eigenvalue weighted by Crippen LogP contribution is -2.46. The van der Waals surface area contributed by atoms with E-state index in [2.05, 4.69) is 11.4 Å². The van der Waals surface area contributed by atoms with E-state index < -0.39 is 10.5 Å². The van der Waals surface area contributed by atoms with Crippen molar-refractivity contribution < 1.29 is 9.66 Å². The molecule has 1 atom stereocenters. The number of hydrogen-bond donors (Lipinski definition) is 1. The number of likely N-dealkylation sites (N-methyl/N-ethyl adjacent to an activating group) is 1. The first-order valence-electron chi connectivity index (χ1n) is 5.96. The number of nitrogens with zero attached hydrogens (tertiary/aromatic N) is 2. The van der Waals surface area contributed by atoms with Crippen LogP contribution in [0.4, 0.5) is 5.69 Å². The second-order valence-electron chi connectivity index (χ2n) is 4.47. The van der Waals surface area contributed by atoms with E-state index in [1.165, 1.54) is 12.1 Å². The number of ether oxygens (including phenoxy) is 1. The Morgan fingerprint density at radius 3 is 2.74 bits per heavy atom. The molecule has 1 unspecified atom stereocenters. The quantitative estimate of drug-likeness (QED) is 0.627. The Morgan fingerprint density at radius 1 is 1.58 bits per heavy atom. The van der Waals surface area contributed by atoms with Crippen LogP contribution in [0.5, 0.6) is 5.75 Å². The normalized spacial score (nSPS) is 13.4. The van der Waals surface area contributed by atoms with Crippen molar-refractivity contribution in [1.29, 1.82) is 5.26 Å². The highest BCUT2D eigenvalue weighted by molar-refractivity contribution is 5.44. The van der Waals surface area contributed by atoms with E-state index >= 15 is 0 Å². The van der Waals surface area contributed by atoms with Crippen LogP contribution in [0.15, 0.2) is 18.2 Å². The van der Waals surface area contributed by atoms with E-state index in [0.717, 1.165) is 0 Å². The maximum atomic E-state index is 10.7. The van der Waals surface area contributed by atoms with Crippen LogP contribution in [0.2, 0.25) is 0 Å². The van der Waals surface area contributed by atoms with Gasteiger partial charge in [-0.05, 0) is 32.5 Å². The fraction of sp³-hybridized carbons (Fsp3) is 0.462. The van der Waals surface area contributed by atoms with Crippen molar-refractivity contribution in [2.75, 3.05) is 13.2 Å². The monoisotopic (exact) mass is 263 g/mol. The van der Waals surface area contributed by atoms with Gasteiger partial charge in [0.05, 0.1) is 11.0 Å². The molecule has 1 aromatic rings. The second-order valence-corrected chi connectivity index (χ2v) is 4.47. The predicted molar refractivity (Wildman–Crippen MR) is 71.0 cm³/mol. The van der Waals surface area contributed by atoms with Crippen LogP contribution >= 0.6 is 0 Å². The Kier molecular flexibility index (Phi) is 4.84. The number of hydrogen-bond acceptors (Lipinski definition) is 5. The summed E-state index contributed by atoms with van der Waals surface area (Å²) in [6, 6.07) is 6.69. The predicted octanol–water partition coefficient (Wildman–Crippen LogP) is 2.17. The van der Waals surface area contributed by atoms with Crippen molar-refractivity contribution in [3.8, 4) is 11.8 Å². The Labute approximate surface area is 112 Å². The van der Waals surface area contributed by atoms with Crippen molar-refractivity contribution in [2.24, 2.45) is 0 Å². The maximum absolute atomic E-state index is 10.7. The molecule has 0 aromatic heterocycles. The molecule has 6 heteroatoms.